The van der Waals surface area contributed by atoms with E-state index in [0.29, 0.717) is 25.0 Å². The number of halogens is 3. The molecular formula is C24H21F3N2O4. The Labute approximate surface area is 188 Å². The monoisotopic (exact) mass is 458 g/mol. The normalized spacial score (nSPS) is 17.5. The fourth-order valence-electron chi connectivity index (χ4n) is 3.84. The fourth-order valence-corrected chi connectivity index (χ4v) is 3.84. The van der Waals surface area contributed by atoms with Gasteiger partial charge in [0.25, 0.3) is 0 Å². The van der Waals surface area contributed by atoms with Crippen LogP contribution in [0, 0.1) is 5.92 Å². The van der Waals surface area contributed by atoms with Crippen LogP contribution in [0.3, 0.4) is 0 Å². The van der Waals surface area contributed by atoms with E-state index < -0.39 is 18.2 Å². The average Bonchev–Trinajstić information content (AvgIpc) is 3.59. The van der Waals surface area contributed by atoms with E-state index in [1.807, 2.05) is 24.3 Å². The zero-order chi connectivity index (χ0) is 23.6. The van der Waals surface area contributed by atoms with Crippen LogP contribution in [0.1, 0.15) is 29.2 Å². The molecule has 0 bridgehead atoms. The van der Waals surface area contributed by atoms with E-state index in [9.17, 15) is 23.1 Å². The van der Waals surface area contributed by atoms with Crippen molar-refractivity contribution in [3.63, 3.8) is 0 Å². The molecule has 1 fully saturated rings. The minimum Gasteiger partial charge on any atom is -0.496 e. The lowest BCUT2D eigenvalue weighted by Crippen LogP contribution is -2.17. The number of aryl methyl sites for hydroxylation is 2. The summed E-state index contributed by atoms with van der Waals surface area (Å²) in [6.45, 7) is 0. The molecule has 6 nitrogen and oxygen atoms in total. The Hall–Kier alpha value is -3.62. The Balaban J connectivity index is 1.46. The van der Waals surface area contributed by atoms with E-state index in [1.54, 1.807) is 25.4 Å². The van der Waals surface area contributed by atoms with Crippen LogP contribution in [0.5, 0.6) is 11.5 Å². The van der Waals surface area contributed by atoms with Crippen LogP contribution >= 0.6 is 0 Å². The van der Waals surface area contributed by atoms with Gasteiger partial charge in [0.2, 0.25) is 0 Å². The van der Waals surface area contributed by atoms with Crippen molar-refractivity contribution in [1.29, 1.82) is 0 Å². The Bertz CT molecular complexity index is 1150. The summed E-state index contributed by atoms with van der Waals surface area (Å²) in [6.07, 6.45) is -1.37. The highest BCUT2D eigenvalue weighted by molar-refractivity contribution is 5.76. The highest BCUT2D eigenvalue weighted by atomic mass is 19.4. The molecule has 2 unspecified atom stereocenters. The summed E-state index contributed by atoms with van der Waals surface area (Å²) in [4.78, 5) is 11.3. The molecule has 1 heterocycles. The van der Waals surface area contributed by atoms with Gasteiger partial charge in [-0.25, -0.2) is 0 Å². The summed E-state index contributed by atoms with van der Waals surface area (Å²) < 4.78 is 46.2. The van der Waals surface area contributed by atoms with Gasteiger partial charge < -0.3 is 14.6 Å². The van der Waals surface area contributed by atoms with Crippen molar-refractivity contribution in [2.75, 3.05) is 7.11 Å². The first-order valence-electron chi connectivity index (χ1n) is 10.3. The van der Waals surface area contributed by atoms with Crippen LogP contribution in [0.25, 0.3) is 11.1 Å². The van der Waals surface area contributed by atoms with Gasteiger partial charge in [0.05, 0.1) is 24.9 Å². The van der Waals surface area contributed by atoms with E-state index in [1.165, 1.54) is 12.1 Å². The number of alkyl halides is 3. The molecule has 0 radical (unpaired) electrons. The maximum Gasteiger partial charge on any atom is 0.573 e. The number of hydrogen-bond donors (Lipinski definition) is 1. The van der Waals surface area contributed by atoms with Crippen molar-refractivity contribution in [3.8, 4) is 22.6 Å². The molecule has 1 saturated carbocycles. The third kappa shape index (κ3) is 5.60. The van der Waals surface area contributed by atoms with Crippen LogP contribution in [0.15, 0.2) is 54.7 Å². The summed E-state index contributed by atoms with van der Waals surface area (Å²) in [7, 11) is 1.56. The van der Waals surface area contributed by atoms with Crippen molar-refractivity contribution < 1.29 is 32.5 Å². The second-order valence-electron chi connectivity index (χ2n) is 7.87. The standard InChI is InChI=1S/C24H21F3N2O4/c1-32-22-9-5-15(11-20(22)19-12-21(19)23(30)31)16-10-17(29-28-13-16)6-2-14-3-7-18(8-4-14)33-24(25,26)27/h3-5,7-11,13,19,21H,2,6,12H2,1H3,(H,30,31). The second-order valence-corrected chi connectivity index (χ2v) is 7.87. The first kappa shape index (κ1) is 22.6. The quantitative estimate of drug-likeness (QED) is 0.510. The maximum absolute atomic E-state index is 12.3. The number of hydrogen-bond acceptors (Lipinski definition) is 5. The van der Waals surface area contributed by atoms with Gasteiger partial charge in [0, 0.05) is 11.5 Å². The van der Waals surface area contributed by atoms with Gasteiger partial charge in [-0.05, 0) is 66.3 Å². The first-order chi connectivity index (χ1) is 15.7. The summed E-state index contributed by atoms with van der Waals surface area (Å²) >= 11 is 0. The van der Waals surface area contributed by atoms with E-state index in [0.717, 1.165) is 27.9 Å². The van der Waals surface area contributed by atoms with Gasteiger partial charge >= 0.3 is 12.3 Å². The molecule has 0 aliphatic heterocycles. The predicted octanol–water partition coefficient (Wildman–Crippen LogP) is 5.02. The number of ether oxygens (including phenoxy) is 2. The Kier molecular flexibility index (Phi) is 6.22. The molecule has 2 atom stereocenters. The number of benzene rings is 2. The molecule has 172 valence electrons. The number of nitrogens with zero attached hydrogens (tertiary/aromatic N) is 2. The minimum atomic E-state index is -4.72. The molecule has 9 heteroatoms. The third-order valence-electron chi connectivity index (χ3n) is 5.60. The van der Waals surface area contributed by atoms with Crippen LogP contribution in [-0.2, 0) is 17.6 Å². The van der Waals surface area contributed by atoms with Gasteiger partial charge in [0.1, 0.15) is 11.5 Å². The maximum atomic E-state index is 12.3. The molecule has 0 saturated heterocycles. The summed E-state index contributed by atoms with van der Waals surface area (Å²) in [6, 6.07) is 13.3. The number of carbonyl (C=O) groups is 1. The molecule has 1 aliphatic carbocycles. The molecule has 0 spiro atoms. The molecule has 1 aromatic heterocycles. The molecule has 33 heavy (non-hydrogen) atoms. The number of carboxylic acid groups (broad SMARTS) is 1. The molecule has 4 rings (SSSR count). The molecule has 0 amide bonds. The van der Waals surface area contributed by atoms with Gasteiger partial charge in [-0.1, -0.05) is 18.2 Å². The number of aromatic nitrogens is 2. The van der Waals surface area contributed by atoms with Crippen molar-refractivity contribution in [3.05, 3.63) is 71.5 Å². The number of aliphatic carboxylic acids is 1. The van der Waals surface area contributed by atoms with Crippen molar-refractivity contribution >= 4 is 5.97 Å². The van der Waals surface area contributed by atoms with Gasteiger partial charge in [-0.2, -0.15) is 10.2 Å². The molecule has 2 aromatic carbocycles. The topological polar surface area (TPSA) is 81.5 Å². The van der Waals surface area contributed by atoms with Gasteiger partial charge in [0.15, 0.2) is 0 Å². The lowest BCUT2D eigenvalue weighted by Gasteiger charge is -2.11. The van der Waals surface area contributed by atoms with Crippen LogP contribution in [0.2, 0.25) is 0 Å². The van der Waals surface area contributed by atoms with Crippen LogP contribution in [0.4, 0.5) is 13.2 Å². The molecule has 3 aromatic rings. The van der Waals surface area contributed by atoms with Crippen LogP contribution in [-0.4, -0.2) is 34.7 Å². The number of rotatable bonds is 8. The number of methoxy groups -OCH3 is 1. The molecule has 1 N–H and O–H groups in total. The highest BCUT2D eigenvalue weighted by Crippen LogP contribution is 2.51. The molecular weight excluding hydrogens is 437 g/mol. The lowest BCUT2D eigenvalue weighted by molar-refractivity contribution is -0.274. The smallest absolute Gasteiger partial charge is 0.496 e. The van der Waals surface area contributed by atoms with E-state index in [-0.39, 0.29) is 11.7 Å². The van der Waals surface area contributed by atoms with Crippen molar-refractivity contribution in [2.45, 2.75) is 31.5 Å². The largest absolute Gasteiger partial charge is 0.573 e. The highest BCUT2D eigenvalue weighted by Gasteiger charge is 2.45. The predicted molar refractivity (Wildman–Crippen MR) is 113 cm³/mol. The van der Waals surface area contributed by atoms with E-state index >= 15 is 0 Å². The van der Waals surface area contributed by atoms with Gasteiger partial charge in [-0.3, -0.25) is 4.79 Å². The van der Waals surface area contributed by atoms with E-state index in [2.05, 4.69) is 14.9 Å². The SMILES string of the molecule is COc1ccc(-c2cnnc(CCc3ccc(OC(F)(F)F)cc3)c2)cc1C1CC1C(=O)O. The van der Waals surface area contributed by atoms with Gasteiger partial charge in [-0.15, -0.1) is 13.2 Å². The average molecular weight is 458 g/mol. The summed E-state index contributed by atoms with van der Waals surface area (Å²) in [5.41, 5.74) is 4.16. The Morgan fingerprint density at radius 3 is 2.48 bits per heavy atom. The molecule has 1 aliphatic rings. The third-order valence-corrected chi connectivity index (χ3v) is 5.60. The number of carboxylic acids is 1. The van der Waals surface area contributed by atoms with Crippen molar-refractivity contribution in [1.82, 2.24) is 10.2 Å². The zero-order valence-corrected chi connectivity index (χ0v) is 17.7. The van der Waals surface area contributed by atoms with Crippen molar-refractivity contribution in [2.24, 2.45) is 5.92 Å². The zero-order valence-electron chi connectivity index (χ0n) is 17.7. The summed E-state index contributed by atoms with van der Waals surface area (Å²) in [5.74, 6) is -0.876. The second kappa shape index (κ2) is 9.09. The minimum absolute atomic E-state index is 0.0732. The van der Waals surface area contributed by atoms with E-state index in [4.69, 9.17) is 4.74 Å². The van der Waals surface area contributed by atoms with Crippen LogP contribution < -0.4 is 9.47 Å². The Morgan fingerprint density at radius 1 is 1.09 bits per heavy atom. The Morgan fingerprint density at radius 2 is 1.85 bits per heavy atom. The lowest BCUT2D eigenvalue weighted by atomic mass is 9.99. The summed E-state index contributed by atoms with van der Waals surface area (Å²) in [5, 5.41) is 17.5. The fraction of sp³-hybridized carbons (Fsp3) is 0.292. The first-order valence-corrected chi connectivity index (χ1v) is 10.3.